The Morgan fingerprint density at radius 3 is 2.84 bits per heavy atom. The van der Waals surface area contributed by atoms with Crippen LogP contribution in [0.25, 0.3) is 0 Å². The molecule has 1 saturated heterocycles. The van der Waals surface area contributed by atoms with Crippen molar-refractivity contribution in [3.63, 3.8) is 0 Å². The zero-order valence-corrected chi connectivity index (χ0v) is 11.5. The topological polar surface area (TPSA) is 45.5 Å². The highest BCUT2D eigenvalue weighted by molar-refractivity contribution is 5.78. The molecule has 0 spiro atoms. The maximum Gasteiger partial charge on any atom is 0.223 e. The summed E-state index contributed by atoms with van der Waals surface area (Å²) < 4.78 is 5.78. The molecule has 2 aliphatic rings. The van der Waals surface area contributed by atoms with Crippen molar-refractivity contribution in [2.45, 2.75) is 51.7 Å². The van der Waals surface area contributed by atoms with Gasteiger partial charge in [0.1, 0.15) is 11.5 Å². The molecule has 1 aliphatic heterocycles. The van der Waals surface area contributed by atoms with Crippen LogP contribution >= 0.6 is 0 Å². The van der Waals surface area contributed by atoms with Crippen LogP contribution in [0.2, 0.25) is 0 Å². The van der Waals surface area contributed by atoms with Gasteiger partial charge in [-0.25, -0.2) is 0 Å². The number of rotatable bonds is 6. The Balaban J connectivity index is 1.53. The van der Waals surface area contributed by atoms with Crippen LogP contribution in [0, 0.1) is 5.92 Å². The van der Waals surface area contributed by atoms with Crippen LogP contribution in [-0.4, -0.2) is 23.4 Å². The predicted octanol–water partition coefficient (Wildman–Crippen LogP) is 2.29. The molecule has 0 bridgehead atoms. The maximum atomic E-state index is 11.8. The van der Waals surface area contributed by atoms with Gasteiger partial charge in [0, 0.05) is 19.0 Å². The average Bonchev–Trinajstić information content (AvgIpc) is 3.03. The van der Waals surface area contributed by atoms with Crippen LogP contribution in [0.4, 0.5) is 0 Å². The Morgan fingerprint density at radius 1 is 1.37 bits per heavy atom. The molecule has 0 aromatic carbocycles. The van der Waals surface area contributed by atoms with Gasteiger partial charge in [0.25, 0.3) is 0 Å². The van der Waals surface area contributed by atoms with Crippen molar-refractivity contribution in [3.8, 4) is 0 Å². The molecule has 2 fully saturated rings. The van der Waals surface area contributed by atoms with E-state index in [9.17, 15) is 4.79 Å². The predicted molar refractivity (Wildman–Crippen MR) is 72.4 cm³/mol. The second-order valence-electron chi connectivity index (χ2n) is 5.78. The summed E-state index contributed by atoms with van der Waals surface area (Å²) in [7, 11) is 0. The van der Waals surface area contributed by atoms with E-state index in [-0.39, 0.29) is 5.91 Å². The molecule has 4 nitrogen and oxygen atoms in total. The lowest BCUT2D eigenvalue weighted by molar-refractivity contribution is -0.128. The first-order valence-corrected chi connectivity index (χ1v) is 7.33. The highest BCUT2D eigenvalue weighted by Crippen LogP contribution is 2.23. The Hall–Kier alpha value is -1.29. The van der Waals surface area contributed by atoms with Crippen LogP contribution in [0.1, 0.15) is 44.1 Å². The highest BCUT2D eigenvalue weighted by atomic mass is 16.3. The first-order valence-electron chi connectivity index (χ1n) is 7.33. The molecule has 19 heavy (non-hydrogen) atoms. The van der Waals surface area contributed by atoms with E-state index in [0.29, 0.717) is 24.9 Å². The molecule has 1 atom stereocenters. The number of hydrogen-bond acceptors (Lipinski definition) is 3. The van der Waals surface area contributed by atoms with Crippen LogP contribution in [-0.2, 0) is 17.9 Å². The highest BCUT2D eigenvalue weighted by Gasteiger charge is 2.28. The summed E-state index contributed by atoms with van der Waals surface area (Å²) in [5.74, 6) is 2.66. The summed E-state index contributed by atoms with van der Waals surface area (Å²) in [4.78, 5) is 13.8. The van der Waals surface area contributed by atoms with Crippen molar-refractivity contribution in [1.82, 2.24) is 10.2 Å². The molecule has 3 rings (SSSR count). The number of furan rings is 1. The standard InChI is InChI=1S/C15H22N2O2/c1-2-11-7-15(18)17(9-11)10-14-6-5-13(19-14)8-16-12-3-4-12/h5-6,11-12,16H,2-4,7-10H2,1H3. The summed E-state index contributed by atoms with van der Waals surface area (Å²) in [6.45, 7) is 4.46. The number of hydrogen-bond donors (Lipinski definition) is 1. The van der Waals surface area contributed by atoms with Crippen molar-refractivity contribution in [1.29, 1.82) is 0 Å². The molecule has 4 heteroatoms. The molecule has 0 radical (unpaired) electrons. The zero-order valence-electron chi connectivity index (χ0n) is 11.5. The lowest BCUT2D eigenvalue weighted by Crippen LogP contribution is -2.24. The molecule has 1 unspecified atom stereocenters. The number of carbonyl (C=O) groups is 1. The molecule has 1 aromatic heterocycles. The number of amides is 1. The van der Waals surface area contributed by atoms with Crippen molar-refractivity contribution >= 4 is 5.91 Å². The second kappa shape index (κ2) is 5.37. The minimum Gasteiger partial charge on any atom is -0.463 e. The summed E-state index contributed by atoms with van der Waals surface area (Å²) in [5.41, 5.74) is 0. The molecule has 104 valence electrons. The maximum absolute atomic E-state index is 11.8. The fourth-order valence-corrected chi connectivity index (χ4v) is 2.60. The van der Waals surface area contributed by atoms with Gasteiger partial charge >= 0.3 is 0 Å². The number of likely N-dealkylation sites (tertiary alicyclic amines) is 1. The van der Waals surface area contributed by atoms with Gasteiger partial charge in [-0.1, -0.05) is 13.3 Å². The lowest BCUT2D eigenvalue weighted by Gasteiger charge is -2.14. The van der Waals surface area contributed by atoms with Gasteiger partial charge in [-0.2, -0.15) is 0 Å². The SMILES string of the molecule is CCC1CC(=O)N(Cc2ccc(CNC3CC3)o2)C1. The third kappa shape index (κ3) is 3.18. The van der Waals surface area contributed by atoms with Gasteiger partial charge in [-0.15, -0.1) is 0 Å². The lowest BCUT2D eigenvalue weighted by atomic mass is 10.1. The fraction of sp³-hybridized carbons (Fsp3) is 0.667. The normalized spacial score (nSPS) is 23.3. The van der Waals surface area contributed by atoms with E-state index in [1.807, 2.05) is 17.0 Å². The van der Waals surface area contributed by atoms with Gasteiger partial charge in [0.15, 0.2) is 0 Å². The zero-order chi connectivity index (χ0) is 13.2. The van der Waals surface area contributed by atoms with E-state index >= 15 is 0 Å². The van der Waals surface area contributed by atoms with Crippen LogP contribution in [0.15, 0.2) is 16.5 Å². The Bertz CT molecular complexity index is 451. The molecular formula is C15H22N2O2. The minimum absolute atomic E-state index is 0.265. The Kier molecular flexibility index (Phi) is 3.60. The van der Waals surface area contributed by atoms with E-state index in [0.717, 1.165) is 31.0 Å². The molecule has 1 aromatic rings. The monoisotopic (exact) mass is 262 g/mol. The molecule has 1 N–H and O–H groups in total. The van der Waals surface area contributed by atoms with E-state index in [1.165, 1.54) is 12.8 Å². The Labute approximate surface area is 114 Å². The molecule has 1 amide bonds. The fourth-order valence-electron chi connectivity index (χ4n) is 2.60. The minimum atomic E-state index is 0.265. The largest absolute Gasteiger partial charge is 0.463 e. The third-order valence-electron chi connectivity index (χ3n) is 4.08. The van der Waals surface area contributed by atoms with E-state index < -0.39 is 0 Å². The van der Waals surface area contributed by atoms with Crippen LogP contribution in [0.5, 0.6) is 0 Å². The first-order chi connectivity index (χ1) is 9.24. The number of nitrogens with zero attached hydrogens (tertiary/aromatic N) is 1. The van der Waals surface area contributed by atoms with Crippen molar-refractivity contribution < 1.29 is 9.21 Å². The quantitative estimate of drug-likeness (QED) is 0.855. The van der Waals surface area contributed by atoms with Crippen molar-refractivity contribution in [3.05, 3.63) is 23.7 Å². The van der Waals surface area contributed by atoms with E-state index in [2.05, 4.69) is 12.2 Å². The van der Waals surface area contributed by atoms with Crippen molar-refractivity contribution in [2.75, 3.05) is 6.54 Å². The van der Waals surface area contributed by atoms with Gasteiger partial charge in [0.2, 0.25) is 5.91 Å². The number of nitrogens with one attached hydrogen (secondary N) is 1. The molecule has 1 saturated carbocycles. The van der Waals surface area contributed by atoms with Crippen molar-refractivity contribution in [2.24, 2.45) is 5.92 Å². The summed E-state index contributed by atoms with van der Waals surface area (Å²) >= 11 is 0. The number of carbonyl (C=O) groups excluding carboxylic acids is 1. The van der Waals surface area contributed by atoms with Gasteiger partial charge < -0.3 is 14.6 Å². The molecular weight excluding hydrogens is 240 g/mol. The van der Waals surface area contributed by atoms with Gasteiger partial charge in [-0.05, 0) is 30.9 Å². The first kappa shape index (κ1) is 12.7. The second-order valence-corrected chi connectivity index (χ2v) is 5.78. The van der Waals surface area contributed by atoms with E-state index in [4.69, 9.17) is 4.42 Å². The Morgan fingerprint density at radius 2 is 2.16 bits per heavy atom. The third-order valence-corrected chi connectivity index (χ3v) is 4.08. The van der Waals surface area contributed by atoms with Crippen LogP contribution < -0.4 is 5.32 Å². The molecule has 1 aliphatic carbocycles. The van der Waals surface area contributed by atoms with Gasteiger partial charge in [0.05, 0.1) is 13.1 Å². The van der Waals surface area contributed by atoms with E-state index in [1.54, 1.807) is 0 Å². The smallest absolute Gasteiger partial charge is 0.223 e. The summed E-state index contributed by atoms with van der Waals surface area (Å²) in [6, 6.07) is 4.71. The van der Waals surface area contributed by atoms with Gasteiger partial charge in [-0.3, -0.25) is 4.79 Å². The summed E-state index contributed by atoms with van der Waals surface area (Å²) in [5, 5.41) is 3.43. The molecule has 2 heterocycles. The van der Waals surface area contributed by atoms with Crippen LogP contribution in [0.3, 0.4) is 0 Å². The summed E-state index contributed by atoms with van der Waals surface area (Å²) in [6.07, 6.45) is 4.35. The average molecular weight is 262 g/mol.